The fourth-order valence-electron chi connectivity index (χ4n) is 0.654. The molecule has 0 fully saturated rings. The number of para-hydroxylation sites is 1. The molecular formula is C9H12HgNaO6S. The van der Waals surface area contributed by atoms with Gasteiger partial charge in [-0.25, -0.2) is 4.79 Å². The van der Waals surface area contributed by atoms with Crippen molar-refractivity contribution < 1.29 is 83.7 Å². The van der Waals surface area contributed by atoms with E-state index in [9.17, 15) is 4.79 Å². The van der Waals surface area contributed by atoms with Crippen molar-refractivity contribution in [3.8, 4) is 5.75 Å². The van der Waals surface area contributed by atoms with E-state index in [1.165, 1.54) is 16.1 Å². The van der Waals surface area contributed by atoms with Crippen LogP contribution in [0, 0.1) is 0 Å². The third-order valence-corrected chi connectivity index (χ3v) is 1.13. The van der Waals surface area contributed by atoms with Gasteiger partial charge in [0.2, 0.25) is 0 Å². The molecule has 6 nitrogen and oxygen atoms in total. The topological polar surface area (TPSA) is 112 Å². The Hall–Kier alpha value is 0.335. The zero-order chi connectivity index (χ0) is 13.8. The Morgan fingerprint density at radius 2 is 1.67 bits per heavy atom. The summed E-state index contributed by atoms with van der Waals surface area (Å²) in [6.07, 6.45) is 0. The molecule has 0 radical (unpaired) electrons. The predicted octanol–water partition coefficient (Wildman–Crippen LogP) is -1.17. The Morgan fingerprint density at radius 1 is 1.33 bits per heavy atom. The average molecular weight is 472 g/mol. The number of benzene rings is 1. The molecule has 3 N–H and O–H groups in total. The second kappa shape index (κ2) is 15.4. The molecule has 0 heterocycles. The van der Waals surface area contributed by atoms with Crippen molar-refractivity contribution in [2.45, 2.75) is 10.9 Å². The molecule has 0 aromatic heterocycles. The molecule has 0 atom stereocenters. The van der Waals surface area contributed by atoms with Crippen molar-refractivity contribution in [3.05, 3.63) is 29.8 Å². The molecule has 0 aliphatic heterocycles. The average Bonchev–Trinajstić information content (AvgIpc) is 2.18. The van der Waals surface area contributed by atoms with Gasteiger partial charge in [0.05, 0.1) is 0 Å². The number of aromatic carboxylic acids is 1. The third-order valence-electron chi connectivity index (χ3n) is 1.13. The van der Waals surface area contributed by atoms with Crippen LogP contribution in [0.5, 0.6) is 5.75 Å². The Kier molecular flexibility index (Phi) is 20.0. The molecule has 18 heavy (non-hydrogen) atoms. The van der Waals surface area contributed by atoms with E-state index in [2.05, 4.69) is 6.92 Å². The molecule has 0 spiro atoms. The molecule has 93 valence electrons. The van der Waals surface area contributed by atoms with Crippen LogP contribution in [0.3, 0.4) is 0 Å². The fraction of sp³-hybridized carbons (Fsp3) is 0.222. The first-order valence-electron chi connectivity index (χ1n) is 4.45. The summed E-state index contributed by atoms with van der Waals surface area (Å²) < 4.78 is 25.5. The van der Waals surface area contributed by atoms with Gasteiger partial charge in [0.1, 0.15) is 11.3 Å². The van der Waals surface area contributed by atoms with Gasteiger partial charge in [-0.15, -0.1) is 0 Å². The molecule has 0 bridgehead atoms. The quantitative estimate of drug-likeness (QED) is 0.206. The Morgan fingerprint density at radius 3 is 1.89 bits per heavy atom. The minimum atomic E-state index is -2.86. The maximum atomic E-state index is 10.3. The van der Waals surface area contributed by atoms with Crippen LogP contribution in [0.4, 0.5) is 0 Å². The molecule has 0 saturated heterocycles. The molecule has 0 unspecified atom stereocenters. The van der Waals surface area contributed by atoms with Crippen molar-refractivity contribution in [2.24, 2.45) is 0 Å². The zero-order valence-electron chi connectivity index (χ0n) is 10.2. The van der Waals surface area contributed by atoms with E-state index < -0.39 is 17.0 Å². The van der Waals surface area contributed by atoms with Gasteiger partial charge in [0.15, 0.2) is 0 Å². The van der Waals surface area contributed by atoms with Gasteiger partial charge in [-0.2, -0.15) is 0 Å². The van der Waals surface area contributed by atoms with Crippen LogP contribution in [-0.4, -0.2) is 20.7 Å². The normalized spacial score (nSPS) is 8.06. The van der Waals surface area contributed by atoms with E-state index in [0.717, 1.165) is 26.1 Å². The van der Waals surface area contributed by atoms with Gasteiger partial charge in [0, 0.05) is 11.0 Å². The third kappa shape index (κ3) is 16.3. The van der Waals surface area contributed by atoms with Gasteiger partial charge < -0.3 is 23.2 Å². The van der Waals surface area contributed by atoms with Crippen LogP contribution in [0.15, 0.2) is 24.3 Å². The maximum Gasteiger partial charge on any atom is 1.00 e. The van der Waals surface area contributed by atoms with Crippen molar-refractivity contribution in [3.63, 3.8) is 0 Å². The minimum Gasteiger partial charge on any atom is -0.507 e. The van der Waals surface area contributed by atoms with Gasteiger partial charge in [0.25, 0.3) is 0 Å². The summed E-state index contributed by atoms with van der Waals surface area (Å²) in [5, 5.41) is 17.3. The van der Waals surface area contributed by atoms with Crippen LogP contribution >= 0.6 is 0 Å². The first-order chi connectivity index (χ1) is 7.86. The van der Waals surface area contributed by atoms with E-state index in [0.29, 0.717) is 0 Å². The van der Waals surface area contributed by atoms with Crippen LogP contribution in [-0.2, 0) is 45.5 Å². The molecule has 0 aliphatic rings. The smallest absolute Gasteiger partial charge is 0.507 e. The molecule has 1 rings (SSSR count). The Labute approximate surface area is 145 Å². The summed E-state index contributed by atoms with van der Waals surface area (Å²) in [6, 6.07) is 5.81. The summed E-state index contributed by atoms with van der Waals surface area (Å²) in [5.74, 6) is -1.31. The van der Waals surface area contributed by atoms with Crippen LogP contribution < -0.4 is 29.6 Å². The van der Waals surface area contributed by atoms with E-state index in [1.807, 2.05) is 0 Å². The van der Waals surface area contributed by atoms with Gasteiger partial charge in [-0.3, -0.25) is 0 Å². The molecule has 0 aliphatic carbocycles. The number of carboxylic acid groups (broad SMARTS) is 1. The minimum absolute atomic E-state index is 0. The molecule has 0 amide bonds. The van der Waals surface area contributed by atoms with Gasteiger partial charge >= 0.3 is 72.5 Å². The van der Waals surface area contributed by atoms with Crippen molar-refractivity contribution >= 4 is 17.0 Å². The number of hydrogen-bond acceptors (Lipinski definition) is 5. The van der Waals surface area contributed by atoms with Crippen molar-refractivity contribution in [1.82, 2.24) is 0 Å². The predicted molar refractivity (Wildman–Crippen MR) is 56.9 cm³/mol. The van der Waals surface area contributed by atoms with E-state index in [-0.39, 0.29) is 40.9 Å². The summed E-state index contributed by atoms with van der Waals surface area (Å²) in [7, 11) is -2.86. The molecule has 9 heteroatoms. The maximum absolute atomic E-state index is 10.3. The number of phenols is 1. The van der Waals surface area contributed by atoms with Gasteiger partial charge in [-0.05, 0) is 12.1 Å². The zero-order valence-corrected chi connectivity index (χ0v) is 18.5. The second-order valence-corrected chi connectivity index (χ2v) is 6.86. The SMILES string of the molecule is C[CH2][Hg].O=C(O)c1ccccc1O.O=[S-](=O)O.[Na+]. The molecule has 1 aromatic carbocycles. The molecule has 0 saturated carbocycles. The van der Waals surface area contributed by atoms with Crippen LogP contribution in [0.2, 0.25) is 3.93 Å². The Balaban J connectivity index is -0.000000240. The molecular weight excluding hydrogens is 460 g/mol. The number of carboxylic acids is 1. The second-order valence-electron chi connectivity index (χ2n) is 2.54. The van der Waals surface area contributed by atoms with Crippen LogP contribution in [0.25, 0.3) is 0 Å². The number of carbonyl (C=O) groups is 1. The van der Waals surface area contributed by atoms with Crippen LogP contribution in [0.1, 0.15) is 17.3 Å². The first kappa shape index (κ1) is 23.4. The summed E-state index contributed by atoms with van der Waals surface area (Å²) in [4.78, 5) is 10.3. The summed E-state index contributed by atoms with van der Waals surface area (Å²) in [5.41, 5.74) is -0.0671. The monoisotopic (exact) mass is 473 g/mol. The summed E-state index contributed by atoms with van der Waals surface area (Å²) >= 11 is 1.07. The molecule has 1 aromatic rings. The van der Waals surface area contributed by atoms with Crippen molar-refractivity contribution in [2.75, 3.05) is 0 Å². The van der Waals surface area contributed by atoms with Gasteiger partial charge in [-0.1, -0.05) is 12.1 Å². The first-order valence-corrected chi connectivity index (χ1v) is 9.37. The Bertz CT molecular complexity index is 402. The van der Waals surface area contributed by atoms with E-state index in [1.54, 1.807) is 12.1 Å². The van der Waals surface area contributed by atoms with E-state index in [4.69, 9.17) is 23.2 Å². The van der Waals surface area contributed by atoms with Crippen molar-refractivity contribution in [1.29, 1.82) is 0 Å². The standard InChI is InChI=1S/C7H6O3.C2H5.Hg.Na.HO3S/c8-6-4-2-1-3-5(6)7(9)10;1-2;;;1-4(2)3/h1-4,8H,(H,9,10);1H2,2H3;;;(H,1,2,3)/q;;;+1;-1. The largest absolute Gasteiger partial charge is 1.00 e. The van der Waals surface area contributed by atoms with E-state index >= 15 is 0 Å². The number of rotatable bonds is 1. The fourth-order valence-corrected chi connectivity index (χ4v) is 0.654. The number of hydrogen-bond donors (Lipinski definition) is 3. The summed E-state index contributed by atoms with van der Waals surface area (Å²) in [6.45, 7) is 2.21. The number of aromatic hydroxyl groups is 1.